The van der Waals surface area contributed by atoms with Crippen molar-refractivity contribution in [2.75, 3.05) is 5.73 Å². The van der Waals surface area contributed by atoms with Crippen LogP contribution < -0.4 is 5.73 Å². The maximum absolute atomic E-state index is 11.2. The molecule has 2 aromatic rings. The minimum absolute atomic E-state index is 0.0353. The molecule has 0 spiro atoms. The van der Waals surface area contributed by atoms with Crippen molar-refractivity contribution in [3.05, 3.63) is 57.6 Å². The molecule has 0 saturated carbocycles. The Morgan fingerprint density at radius 2 is 1.95 bits per heavy atom. The van der Waals surface area contributed by atoms with Crippen molar-refractivity contribution in [3.63, 3.8) is 0 Å². The zero-order valence-corrected chi connectivity index (χ0v) is 10.9. The molecule has 1 unspecified atom stereocenters. The first-order valence-corrected chi connectivity index (χ1v) is 7.16. The third-order valence-corrected chi connectivity index (χ3v) is 5.17. The monoisotopic (exact) mass is 272 g/mol. The maximum Gasteiger partial charge on any atom is 0.296 e. The Balaban J connectivity index is 2.29. The second-order valence-electron chi connectivity index (χ2n) is 4.41. The van der Waals surface area contributed by atoms with Crippen molar-refractivity contribution < 1.29 is 4.92 Å². The Labute approximate surface area is 113 Å². The number of anilines is 1. The molecule has 5 heteroatoms. The largest absolute Gasteiger partial charge is 0.393 e. The molecular formula is C14H12N2O2S. The van der Waals surface area contributed by atoms with Gasteiger partial charge in [0.05, 0.1) is 4.92 Å². The molecule has 4 nitrogen and oxygen atoms in total. The predicted octanol–water partition coefficient (Wildman–Crippen LogP) is 3.20. The average molecular weight is 272 g/mol. The topological polar surface area (TPSA) is 69.2 Å². The van der Waals surface area contributed by atoms with Gasteiger partial charge in [0.25, 0.3) is 5.69 Å². The first kappa shape index (κ1) is 11.9. The summed E-state index contributed by atoms with van der Waals surface area (Å²) >= 11 is 0. The second-order valence-corrected chi connectivity index (χ2v) is 6.07. The van der Waals surface area contributed by atoms with E-state index in [1.807, 2.05) is 30.3 Å². The smallest absolute Gasteiger partial charge is 0.296 e. The number of hydrogen-bond acceptors (Lipinski definition) is 3. The van der Waals surface area contributed by atoms with Crippen LogP contribution in [0.5, 0.6) is 0 Å². The van der Waals surface area contributed by atoms with Gasteiger partial charge in [0, 0.05) is 21.8 Å². The molecule has 0 aromatic heterocycles. The van der Waals surface area contributed by atoms with Crippen LogP contribution in [0.3, 0.4) is 0 Å². The summed E-state index contributed by atoms with van der Waals surface area (Å²) in [6.45, 7) is 0. The summed E-state index contributed by atoms with van der Waals surface area (Å²) in [5, 5.41) is 11.2. The number of nitro groups is 1. The van der Waals surface area contributed by atoms with Gasteiger partial charge in [0.2, 0.25) is 0 Å². The standard InChI is InChI=1S/C14H12N2O2S/c1-19-12-5-3-2-4-9(12)8-10-13(19)7-6-11(15)14(10)16(17)18/h2-7H,1,8,15H2. The van der Waals surface area contributed by atoms with Crippen LogP contribution in [0.25, 0.3) is 0 Å². The lowest BCUT2D eigenvalue weighted by Crippen LogP contribution is -2.07. The van der Waals surface area contributed by atoms with Gasteiger partial charge in [-0.25, -0.2) is 0 Å². The van der Waals surface area contributed by atoms with Crippen LogP contribution >= 0.6 is 10.5 Å². The van der Waals surface area contributed by atoms with E-state index in [9.17, 15) is 10.1 Å². The average Bonchev–Trinajstić information content (AvgIpc) is 2.38. The van der Waals surface area contributed by atoms with Crippen molar-refractivity contribution in [1.82, 2.24) is 0 Å². The van der Waals surface area contributed by atoms with Crippen molar-refractivity contribution >= 4 is 27.7 Å². The summed E-state index contributed by atoms with van der Waals surface area (Å²) in [5.41, 5.74) is 7.82. The molecule has 1 heterocycles. The van der Waals surface area contributed by atoms with E-state index in [0.717, 1.165) is 15.4 Å². The van der Waals surface area contributed by atoms with E-state index in [1.54, 1.807) is 6.07 Å². The van der Waals surface area contributed by atoms with Crippen LogP contribution in [0.2, 0.25) is 0 Å². The van der Waals surface area contributed by atoms with Gasteiger partial charge < -0.3 is 5.73 Å². The van der Waals surface area contributed by atoms with Crippen molar-refractivity contribution in [3.8, 4) is 0 Å². The van der Waals surface area contributed by atoms with Crippen molar-refractivity contribution in [2.24, 2.45) is 0 Å². The summed E-state index contributed by atoms with van der Waals surface area (Å²) in [7, 11) is -0.385. The molecule has 0 fully saturated rings. The SMILES string of the molecule is C=S1c2ccccc2Cc2c1ccc(N)c2[N+](=O)[O-]. The highest BCUT2D eigenvalue weighted by Crippen LogP contribution is 2.47. The summed E-state index contributed by atoms with van der Waals surface area (Å²) in [4.78, 5) is 12.9. The fraction of sp³-hybridized carbons (Fsp3) is 0.0714. The highest BCUT2D eigenvalue weighted by atomic mass is 32.2. The molecule has 0 aliphatic carbocycles. The predicted molar refractivity (Wildman–Crippen MR) is 78.0 cm³/mol. The normalized spacial score (nSPS) is 16.5. The molecule has 96 valence electrons. The van der Waals surface area contributed by atoms with E-state index in [1.165, 1.54) is 0 Å². The van der Waals surface area contributed by atoms with Gasteiger partial charge in [-0.05, 0) is 23.8 Å². The van der Waals surface area contributed by atoms with Crippen LogP contribution in [-0.4, -0.2) is 10.8 Å². The van der Waals surface area contributed by atoms with Crippen LogP contribution in [-0.2, 0) is 6.42 Å². The van der Waals surface area contributed by atoms with E-state index in [-0.39, 0.29) is 26.8 Å². The van der Waals surface area contributed by atoms with E-state index < -0.39 is 0 Å². The van der Waals surface area contributed by atoms with Gasteiger partial charge in [-0.2, -0.15) is 0 Å². The summed E-state index contributed by atoms with van der Waals surface area (Å²) in [5.74, 6) is 4.17. The number of nitrogen functional groups attached to an aromatic ring is 1. The molecule has 0 radical (unpaired) electrons. The maximum atomic E-state index is 11.2. The zero-order valence-electron chi connectivity index (χ0n) is 10.1. The van der Waals surface area contributed by atoms with E-state index in [2.05, 4.69) is 5.87 Å². The summed E-state index contributed by atoms with van der Waals surface area (Å²) < 4.78 is 0. The number of benzene rings is 2. The summed E-state index contributed by atoms with van der Waals surface area (Å²) in [6.07, 6.45) is 0.547. The molecule has 1 aliphatic heterocycles. The number of nitro benzene ring substituents is 1. The minimum Gasteiger partial charge on any atom is -0.393 e. The first-order chi connectivity index (χ1) is 9.09. The fourth-order valence-electron chi connectivity index (χ4n) is 2.45. The fourth-order valence-corrected chi connectivity index (χ4v) is 4.09. The summed E-state index contributed by atoms with van der Waals surface area (Å²) in [6, 6.07) is 11.4. The van der Waals surface area contributed by atoms with Gasteiger partial charge in [-0.15, -0.1) is 10.5 Å². The molecule has 19 heavy (non-hydrogen) atoms. The molecule has 0 amide bonds. The van der Waals surface area contributed by atoms with Gasteiger partial charge in [-0.1, -0.05) is 24.1 Å². The number of fused-ring (bicyclic) bond motifs is 2. The van der Waals surface area contributed by atoms with Crippen LogP contribution in [0.4, 0.5) is 11.4 Å². The van der Waals surface area contributed by atoms with Gasteiger partial charge in [0.15, 0.2) is 0 Å². The second kappa shape index (κ2) is 4.20. The number of nitrogens with zero attached hydrogens (tertiary/aromatic N) is 1. The lowest BCUT2D eigenvalue weighted by atomic mass is 10.0. The van der Waals surface area contributed by atoms with Crippen LogP contribution in [0, 0.1) is 10.1 Å². The van der Waals surface area contributed by atoms with Gasteiger partial charge in [0.1, 0.15) is 5.69 Å². The first-order valence-electron chi connectivity index (χ1n) is 5.77. The van der Waals surface area contributed by atoms with E-state index >= 15 is 0 Å². The molecule has 2 N–H and O–H groups in total. The van der Waals surface area contributed by atoms with Crippen LogP contribution in [0.1, 0.15) is 11.1 Å². The Morgan fingerprint density at radius 3 is 2.68 bits per heavy atom. The molecule has 1 atom stereocenters. The highest BCUT2D eigenvalue weighted by Gasteiger charge is 2.27. The number of nitrogens with two attached hydrogens (primary N) is 1. The van der Waals surface area contributed by atoms with E-state index in [0.29, 0.717) is 12.0 Å². The Hall–Kier alpha value is -2.14. The lowest BCUT2D eigenvalue weighted by molar-refractivity contribution is -0.384. The van der Waals surface area contributed by atoms with Gasteiger partial charge in [-0.3, -0.25) is 10.1 Å². The molecular weight excluding hydrogens is 260 g/mol. The zero-order chi connectivity index (χ0) is 13.6. The Morgan fingerprint density at radius 1 is 1.21 bits per heavy atom. The molecule has 0 bridgehead atoms. The molecule has 3 rings (SSSR count). The molecule has 0 saturated heterocycles. The Kier molecular flexibility index (Phi) is 2.64. The van der Waals surface area contributed by atoms with Gasteiger partial charge >= 0.3 is 0 Å². The highest BCUT2D eigenvalue weighted by molar-refractivity contribution is 8.14. The number of rotatable bonds is 1. The van der Waals surface area contributed by atoms with E-state index in [4.69, 9.17) is 5.73 Å². The van der Waals surface area contributed by atoms with Crippen LogP contribution in [0.15, 0.2) is 46.2 Å². The Bertz CT molecular complexity index is 725. The lowest BCUT2D eigenvalue weighted by Gasteiger charge is -2.22. The third-order valence-electron chi connectivity index (χ3n) is 3.32. The van der Waals surface area contributed by atoms with Crippen molar-refractivity contribution in [2.45, 2.75) is 16.2 Å². The number of hydrogen-bond donors (Lipinski definition) is 1. The quantitative estimate of drug-likeness (QED) is 0.320. The molecule has 1 aliphatic rings. The molecule has 2 aromatic carbocycles. The minimum atomic E-state index is -0.390. The third kappa shape index (κ3) is 1.74. The van der Waals surface area contributed by atoms with Crippen molar-refractivity contribution in [1.29, 1.82) is 0 Å².